The Bertz CT molecular complexity index is 817. The van der Waals surface area contributed by atoms with Gasteiger partial charge in [0.15, 0.2) is 0 Å². The summed E-state index contributed by atoms with van der Waals surface area (Å²) in [6.45, 7) is 0.220. The monoisotopic (exact) mass is 369 g/mol. The number of ether oxygens (including phenoxy) is 1. The highest BCUT2D eigenvalue weighted by Gasteiger charge is 2.60. The van der Waals surface area contributed by atoms with Crippen molar-refractivity contribution in [1.29, 1.82) is 0 Å². The molecule has 0 saturated heterocycles. The largest absolute Gasteiger partial charge is 0.459 e. The molecule has 1 aromatic heterocycles. The van der Waals surface area contributed by atoms with E-state index in [0.717, 1.165) is 41.9 Å². The highest BCUT2D eigenvalue weighted by molar-refractivity contribution is 7.13. The fourth-order valence-electron chi connectivity index (χ4n) is 5.83. The van der Waals surface area contributed by atoms with Gasteiger partial charge in [-0.3, -0.25) is 4.79 Å². The minimum Gasteiger partial charge on any atom is -0.459 e. The van der Waals surface area contributed by atoms with Gasteiger partial charge >= 0.3 is 5.97 Å². The fraction of sp³-hybridized carbons (Fsp3) is 0.524. The van der Waals surface area contributed by atoms with Crippen molar-refractivity contribution in [2.75, 3.05) is 0 Å². The molecule has 0 aliphatic heterocycles. The van der Waals surface area contributed by atoms with Gasteiger partial charge in [0.05, 0.1) is 16.7 Å². The summed E-state index contributed by atoms with van der Waals surface area (Å²) in [5.41, 5.74) is 0.783. The first-order chi connectivity index (χ1) is 12.5. The van der Waals surface area contributed by atoms with Crippen LogP contribution in [0.3, 0.4) is 0 Å². The minimum atomic E-state index is -0.635. The number of esters is 1. The third-order valence-corrected chi connectivity index (χ3v) is 7.33. The van der Waals surface area contributed by atoms with Crippen LogP contribution in [0.2, 0.25) is 0 Å². The molecule has 1 N–H and O–H groups in total. The van der Waals surface area contributed by atoms with Gasteiger partial charge in [0.2, 0.25) is 0 Å². The summed E-state index contributed by atoms with van der Waals surface area (Å²) in [6.07, 6.45) is 5.26. The van der Waals surface area contributed by atoms with E-state index in [2.05, 4.69) is 4.98 Å². The van der Waals surface area contributed by atoms with Crippen LogP contribution in [0, 0.1) is 17.3 Å². The molecular formula is C21H23NO3S. The van der Waals surface area contributed by atoms with Crippen LogP contribution >= 0.6 is 11.3 Å². The van der Waals surface area contributed by atoms with E-state index in [1.807, 2.05) is 35.7 Å². The zero-order valence-electron chi connectivity index (χ0n) is 14.7. The van der Waals surface area contributed by atoms with Crippen molar-refractivity contribution in [2.24, 2.45) is 17.3 Å². The van der Waals surface area contributed by atoms with E-state index >= 15 is 0 Å². The first-order valence-electron chi connectivity index (χ1n) is 9.43. The van der Waals surface area contributed by atoms with E-state index in [-0.39, 0.29) is 12.6 Å². The molecule has 136 valence electrons. The molecule has 4 aliphatic rings. The maximum atomic E-state index is 12.9. The van der Waals surface area contributed by atoms with E-state index in [0.29, 0.717) is 18.3 Å². The van der Waals surface area contributed by atoms with Gasteiger partial charge in [-0.05, 0) is 50.4 Å². The maximum absolute atomic E-state index is 12.9. The lowest BCUT2D eigenvalue weighted by Gasteiger charge is -2.58. The zero-order valence-corrected chi connectivity index (χ0v) is 15.5. The van der Waals surface area contributed by atoms with Crippen molar-refractivity contribution in [1.82, 2.24) is 4.98 Å². The summed E-state index contributed by atoms with van der Waals surface area (Å²) in [5.74, 6) is 0.842. The summed E-state index contributed by atoms with van der Waals surface area (Å²) >= 11 is 1.57. The number of carbonyl (C=O) groups excluding carboxylic acids is 1. The highest BCUT2D eigenvalue weighted by atomic mass is 32.1. The van der Waals surface area contributed by atoms with Gasteiger partial charge in [0, 0.05) is 10.9 Å². The van der Waals surface area contributed by atoms with Gasteiger partial charge < -0.3 is 9.84 Å². The number of hydrogen-bond acceptors (Lipinski definition) is 5. The number of rotatable bonds is 4. The molecule has 0 unspecified atom stereocenters. The summed E-state index contributed by atoms with van der Waals surface area (Å²) in [6, 6.07) is 10.0. The van der Waals surface area contributed by atoms with Crippen LogP contribution in [-0.4, -0.2) is 21.7 Å². The Morgan fingerprint density at radius 2 is 1.92 bits per heavy atom. The Hall–Kier alpha value is -1.72. The molecule has 4 aliphatic carbocycles. The van der Waals surface area contributed by atoms with Crippen LogP contribution in [0.1, 0.15) is 44.2 Å². The normalized spacial score (nSPS) is 34.8. The van der Waals surface area contributed by atoms with Crippen LogP contribution in [0.4, 0.5) is 0 Å². The van der Waals surface area contributed by atoms with Gasteiger partial charge in [-0.25, -0.2) is 4.98 Å². The predicted octanol–water partition coefficient (Wildman–Crippen LogP) is 4.18. The molecule has 4 bridgehead atoms. The van der Waals surface area contributed by atoms with Crippen LogP contribution in [0.25, 0.3) is 10.6 Å². The fourth-order valence-corrected chi connectivity index (χ4v) is 6.64. The third kappa shape index (κ3) is 2.78. The zero-order chi connectivity index (χ0) is 17.8. The minimum absolute atomic E-state index is 0.126. The number of thiazole rings is 1. The molecule has 0 amide bonds. The maximum Gasteiger partial charge on any atom is 0.312 e. The van der Waals surface area contributed by atoms with Crippen molar-refractivity contribution in [3.05, 3.63) is 41.4 Å². The van der Waals surface area contributed by atoms with Crippen molar-refractivity contribution >= 4 is 17.3 Å². The molecule has 6 rings (SSSR count). The second kappa shape index (κ2) is 5.89. The third-order valence-electron chi connectivity index (χ3n) is 6.39. The molecule has 2 atom stereocenters. The molecule has 0 spiro atoms. The summed E-state index contributed by atoms with van der Waals surface area (Å²) in [5, 5.41) is 13.7. The summed E-state index contributed by atoms with van der Waals surface area (Å²) in [4.78, 5) is 17.5. The van der Waals surface area contributed by atoms with E-state index in [1.54, 1.807) is 11.3 Å². The SMILES string of the molecule is O=C(OCc1csc(-c2ccccc2)n1)C12C[C@H]3C[C@@H](CC(O)(C3)C1)C2. The van der Waals surface area contributed by atoms with E-state index < -0.39 is 11.0 Å². The predicted molar refractivity (Wildman–Crippen MR) is 99.4 cm³/mol. The average Bonchev–Trinajstić information content (AvgIpc) is 3.07. The van der Waals surface area contributed by atoms with Crippen LogP contribution in [-0.2, 0) is 16.1 Å². The number of benzene rings is 1. The Morgan fingerprint density at radius 1 is 1.19 bits per heavy atom. The van der Waals surface area contributed by atoms with Crippen LogP contribution in [0.15, 0.2) is 35.7 Å². The van der Waals surface area contributed by atoms with Gasteiger partial charge in [-0.2, -0.15) is 0 Å². The van der Waals surface area contributed by atoms with Gasteiger partial charge in [-0.15, -0.1) is 11.3 Å². The average molecular weight is 369 g/mol. The van der Waals surface area contributed by atoms with Crippen molar-refractivity contribution in [2.45, 2.75) is 50.7 Å². The molecule has 4 saturated carbocycles. The highest BCUT2D eigenvalue weighted by Crippen LogP contribution is 2.62. The van der Waals surface area contributed by atoms with Gasteiger partial charge in [-0.1, -0.05) is 30.3 Å². The topological polar surface area (TPSA) is 59.4 Å². The Morgan fingerprint density at radius 3 is 2.62 bits per heavy atom. The molecular weight excluding hydrogens is 346 g/mol. The number of aliphatic hydroxyl groups is 1. The molecule has 4 fully saturated rings. The molecule has 26 heavy (non-hydrogen) atoms. The van der Waals surface area contributed by atoms with Crippen molar-refractivity contribution < 1.29 is 14.6 Å². The number of hydrogen-bond donors (Lipinski definition) is 1. The second-order valence-corrected chi connectivity index (χ2v) is 9.41. The Labute approximate surface area is 157 Å². The Balaban J connectivity index is 1.28. The van der Waals surface area contributed by atoms with Crippen LogP contribution in [0.5, 0.6) is 0 Å². The lowest BCUT2D eigenvalue weighted by molar-refractivity contribution is -0.197. The van der Waals surface area contributed by atoms with Gasteiger partial charge in [0.1, 0.15) is 11.6 Å². The van der Waals surface area contributed by atoms with E-state index in [4.69, 9.17) is 4.74 Å². The summed E-state index contributed by atoms with van der Waals surface area (Å²) in [7, 11) is 0. The number of nitrogens with zero attached hydrogens (tertiary/aromatic N) is 1. The quantitative estimate of drug-likeness (QED) is 0.821. The Kier molecular flexibility index (Phi) is 3.73. The summed E-state index contributed by atoms with van der Waals surface area (Å²) < 4.78 is 5.70. The molecule has 5 heteroatoms. The lowest BCUT2D eigenvalue weighted by atomic mass is 9.48. The van der Waals surface area contributed by atoms with Gasteiger partial charge in [0.25, 0.3) is 0 Å². The molecule has 1 heterocycles. The van der Waals surface area contributed by atoms with Crippen molar-refractivity contribution in [3.63, 3.8) is 0 Å². The molecule has 1 aromatic carbocycles. The van der Waals surface area contributed by atoms with E-state index in [9.17, 15) is 9.90 Å². The molecule has 0 radical (unpaired) electrons. The number of carbonyl (C=O) groups is 1. The first-order valence-corrected chi connectivity index (χ1v) is 10.3. The second-order valence-electron chi connectivity index (χ2n) is 8.55. The molecule has 2 aromatic rings. The standard InChI is InChI=1S/C21H23NO3S/c23-19(20-7-14-6-15(8-20)10-21(24,9-14)13-20)25-11-17-12-26-18(22-17)16-4-2-1-3-5-16/h1-5,12,14-15,24H,6-11,13H2/t14-,15-,20?,21?/m1/s1. The number of aromatic nitrogens is 1. The first kappa shape index (κ1) is 16.5. The smallest absolute Gasteiger partial charge is 0.312 e. The van der Waals surface area contributed by atoms with Crippen molar-refractivity contribution in [3.8, 4) is 10.6 Å². The molecule has 4 nitrogen and oxygen atoms in total. The van der Waals surface area contributed by atoms with Crippen LogP contribution < -0.4 is 0 Å². The van der Waals surface area contributed by atoms with E-state index in [1.165, 1.54) is 6.42 Å². The lowest BCUT2D eigenvalue weighted by Crippen LogP contribution is -2.58.